The number of aliphatic carboxylic acids is 1. The van der Waals surface area contributed by atoms with Gasteiger partial charge in [0.05, 0.1) is 5.92 Å². The van der Waals surface area contributed by atoms with Gasteiger partial charge in [0.1, 0.15) is 0 Å². The van der Waals surface area contributed by atoms with E-state index in [0.29, 0.717) is 19.6 Å². The summed E-state index contributed by atoms with van der Waals surface area (Å²) in [5.74, 6) is -1.21. The molecule has 1 fully saturated rings. The Morgan fingerprint density at radius 2 is 2.00 bits per heavy atom. The number of rotatable bonds is 7. The van der Waals surface area contributed by atoms with Crippen LogP contribution < -0.4 is 5.32 Å². The largest absolute Gasteiger partial charge is 0.481 e. The maximum absolute atomic E-state index is 11.6. The van der Waals surface area contributed by atoms with E-state index in [1.807, 2.05) is 0 Å². The van der Waals surface area contributed by atoms with Crippen molar-refractivity contribution in [3.8, 4) is 0 Å². The molecule has 1 saturated heterocycles. The average molecular weight is 257 g/mol. The van der Waals surface area contributed by atoms with Gasteiger partial charge in [-0.2, -0.15) is 0 Å². The molecule has 6 nitrogen and oxygen atoms in total. The van der Waals surface area contributed by atoms with Crippen LogP contribution in [-0.2, 0) is 4.79 Å². The van der Waals surface area contributed by atoms with Crippen LogP contribution >= 0.6 is 0 Å². The maximum Gasteiger partial charge on any atom is 0.317 e. The summed E-state index contributed by atoms with van der Waals surface area (Å²) < 4.78 is 0. The molecule has 0 bridgehead atoms. The van der Waals surface area contributed by atoms with E-state index in [1.165, 1.54) is 4.90 Å². The van der Waals surface area contributed by atoms with E-state index in [-0.39, 0.29) is 11.9 Å². The van der Waals surface area contributed by atoms with E-state index in [2.05, 4.69) is 24.1 Å². The molecule has 0 unspecified atom stereocenters. The standard InChI is InChI=1S/C12H23N3O3/c1-3-6-14(4-2)7-5-13-12(18)15-8-10(9-15)11(16)17/h10H,3-9H2,1-2H3,(H,13,18)(H,16,17). The van der Waals surface area contributed by atoms with Crippen LogP contribution in [0, 0.1) is 5.92 Å². The predicted molar refractivity (Wildman–Crippen MR) is 68.5 cm³/mol. The van der Waals surface area contributed by atoms with Gasteiger partial charge in [-0.15, -0.1) is 0 Å². The lowest BCUT2D eigenvalue weighted by Gasteiger charge is -2.36. The summed E-state index contributed by atoms with van der Waals surface area (Å²) in [5.41, 5.74) is 0. The first-order valence-corrected chi connectivity index (χ1v) is 6.56. The lowest BCUT2D eigenvalue weighted by Crippen LogP contribution is -2.56. The number of hydrogen-bond donors (Lipinski definition) is 2. The van der Waals surface area contributed by atoms with Gasteiger partial charge in [0, 0.05) is 26.2 Å². The van der Waals surface area contributed by atoms with Gasteiger partial charge >= 0.3 is 12.0 Å². The fourth-order valence-corrected chi connectivity index (χ4v) is 1.98. The van der Waals surface area contributed by atoms with Crippen LogP contribution in [0.25, 0.3) is 0 Å². The molecule has 0 aromatic rings. The summed E-state index contributed by atoms with van der Waals surface area (Å²) in [4.78, 5) is 26.0. The Bertz CT molecular complexity index is 290. The molecule has 2 amide bonds. The molecule has 0 atom stereocenters. The highest BCUT2D eigenvalue weighted by Gasteiger charge is 2.35. The summed E-state index contributed by atoms with van der Waals surface area (Å²) >= 11 is 0. The summed E-state index contributed by atoms with van der Waals surface area (Å²) in [5, 5.41) is 11.5. The van der Waals surface area contributed by atoms with Crippen molar-refractivity contribution < 1.29 is 14.7 Å². The van der Waals surface area contributed by atoms with Gasteiger partial charge in [0.25, 0.3) is 0 Å². The lowest BCUT2D eigenvalue weighted by atomic mass is 10.0. The smallest absolute Gasteiger partial charge is 0.317 e. The van der Waals surface area contributed by atoms with Crippen molar-refractivity contribution in [1.82, 2.24) is 15.1 Å². The Hall–Kier alpha value is -1.30. The molecule has 18 heavy (non-hydrogen) atoms. The number of carboxylic acid groups (broad SMARTS) is 1. The minimum Gasteiger partial charge on any atom is -0.481 e. The fourth-order valence-electron chi connectivity index (χ4n) is 1.98. The van der Waals surface area contributed by atoms with Crippen LogP contribution in [0.3, 0.4) is 0 Å². The van der Waals surface area contributed by atoms with Crippen molar-refractivity contribution in [2.24, 2.45) is 5.92 Å². The summed E-state index contributed by atoms with van der Waals surface area (Å²) in [6.07, 6.45) is 1.11. The highest BCUT2D eigenvalue weighted by molar-refractivity contribution is 5.79. The van der Waals surface area contributed by atoms with Crippen LogP contribution in [-0.4, -0.2) is 66.2 Å². The van der Waals surface area contributed by atoms with Gasteiger partial charge in [-0.05, 0) is 19.5 Å². The zero-order chi connectivity index (χ0) is 13.5. The number of carbonyl (C=O) groups excluding carboxylic acids is 1. The molecule has 104 valence electrons. The van der Waals surface area contributed by atoms with Crippen LogP contribution in [0.5, 0.6) is 0 Å². The van der Waals surface area contributed by atoms with Gasteiger partial charge in [0.15, 0.2) is 0 Å². The quantitative estimate of drug-likeness (QED) is 0.694. The highest BCUT2D eigenvalue weighted by Crippen LogP contribution is 2.14. The van der Waals surface area contributed by atoms with Crippen molar-refractivity contribution in [2.75, 3.05) is 39.3 Å². The Labute approximate surface area is 108 Å². The molecule has 0 aliphatic carbocycles. The fraction of sp³-hybridized carbons (Fsp3) is 0.833. The van der Waals surface area contributed by atoms with Gasteiger partial charge < -0.3 is 20.2 Å². The summed E-state index contributed by atoms with van der Waals surface area (Å²) in [6.45, 7) is 8.36. The number of hydrogen-bond acceptors (Lipinski definition) is 3. The second-order valence-electron chi connectivity index (χ2n) is 4.61. The third-order valence-electron chi connectivity index (χ3n) is 3.21. The number of likely N-dealkylation sites (tertiary alicyclic amines) is 1. The van der Waals surface area contributed by atoms with E-state index in [4.69, 9.17) is 5.11 Å². The van der Waals surface area contributed by atoms with E-state index in [9.17, 15) is 9.59 Å². The number of nitrogens with zero attached hydrogens (tertiary/aromatic N) is 2. The molecule has 2 N–H and O–H groups in total. The van der Waals surface area contributed by atoms with Gasteiger partial charge in [-0.25, -0.2) is 4.79 Å². The minimum atomic E-state index is -0.820. The zero-order valence-corrected chi connectivity index (χ0v) is 11.2. The second-order valence-corrected chi connectivity index (χ2v) is 4.61. The zero-order valence-electron chi connectivity index (χ0n) is 11.2. The number of carbonyl (C=O) groups is 2. The third-order valence-corrected chi connectivity index (χ3v) is 3.21. The molecular weight excluding hydrogens is 234 g/mol. The molecule has 1 rings (SSSR count). The van der Waals surface area contributed by atoms with Crippen LogP contribution in [0.1, 0.15) is 20.3 Å². The number of amides is 2. The number of nitrogens with one attached hydrogen (secondary N) is 1. The molecule has 0 aromatic carbocycles. The van der Waals surface area contributed by atoms with Crippen LogP contribution in [0.2, 0.25) is 0 Å². The van der Waals surface area contributed by atoms with Gasteiger partial charge in [-0.1, -0.05) is 13.8 Å². The summed E-state index contributed by atoms with van der Waals surface area (Å²) in [7, 11) is 0. The van der Waals surface area contributed by atoms with Gasteiger partial charge in [0.2, 0.25) is 0 Å². The topological polar surface area (TPSA) is 72.9 Å². The van der Waals surface area contributed by atoms with Gasteiger partial charge in [-0.3, -0.25) is 4.79 Å². The molecule has 1 aliphatic heterocycles. The predicted octanol–water partition coefficient (Wildman–Crippen LogP) is 0.444. The number of likely N-dealkylation sites (N-methyl/N-ethyl adjacent to an activating group) is 1. The van der Waals surface area contributed by atoms with Crippen molar-refractivity contribution in [3.63, 3.8) is 0 Å². The lowest BCUT2D eigenvalue weighted by molar-refractivity contribution is -0.146. The molecular formula is C12H23N3O3. The second kappa shape index (κ2) is 7.20. The average Bonchev–Trinajstić information content (AvgIpc) is 2.25. The Kier molecular flexibility index (Phi) is 5.91. The Morgan fingerprint density at radius 1 is 1.33 bits per heavy atom. The van der Waals surface area contributed by atoms with Crippen molar-refractivity contribution >= 4 is 12.0 Å². The van der Waals surface area contributed by atoms with Crippen LogP contribution in [0.4, 0.5) is 4.79 Å². The third kappa shape index (κ3) is 4.18. The van der Waals surface area contributed by atoms with E-state index < -0.39 is 5.97 Å². The first-order valence-electron chi connectivity index (χ1n) is 6.56. The molecule has 0 aromatic heterocycles. The van der Waals surface area contributed by atoms with Crippen molar-refractivity contribution in [3.05, 3.63) is 0 Å². The normalized spacial score (nSPS) is 15.6. The molecule has 0 radical (unpaired) electrons. The number of urea groups is 1. The van der Waals surface area contributed by atoms with E-state index >= 15 is 0 Å². The minimum absolute atomic E-state index is 0.153. The van der Waals surface area contributed by atoms with Crippen molar-refractivity contribution in [1.29, 1.82) is 0 Å². The first kappa shape index (κ1) is 14.8. The van der Waals surface area contributed by atoms with E-state index in [0.717, 1.165) is 26.1 Å². The molecule has 0 saturated carbocycles. The number of carboxylic acids is 1. The highest BCUT2D eigenvalue weighted by atomic mass is 16.4. The monoisotopic (exact) mass is 257 g/mol. The van der Waals surface area contributed by atoms with E-state index in [1.54, 1.807) is 0 Å². The molecule has 6 heteroatoms. The first-order chi connectivity index (χ1) is 8.58. The summed E-state index contributed by atoms with van der Waals surface area (Å²) in [6, 6.07) is -0.153. The Balaban J connectivity index is 2.13. The molecule has 0 spiro atoms. The van der Waals surface area contributed by atoms with Crippen LogP contribution in [0.15, 0.2) is 0 Å². The Morgan fingerprint density at radius 3 is 2.50 bits per heavy atom. The molecule has 1 heterocycles. The maximum atomic E-state index is 11.6. The SMILES string of the molecule is CCCN(CC)CCNC(=O)N1CC(C(=O)O)C1. The molecule has 1 aliphatic rings. The van der Waals surface area contributed by atoms with Crippen molar-refractivity contribution in [2.45, 2.75) is 20.3 Å².